The molecule has 1 aliphatic rings. The first kappa shape index (κ1) is 28.4. The number of aryl methyl sites for hydroxylation is 1. The normalized spacial score (nSPS) is 15.4. The molecule has 0 aliphatic carbocycles. The molecular weight excluding hydrogens is 491 g/mol. The van der Waals surface area contributed by atoms with Crippen molar-refractivity contribution in [2.24, 2.45) is 5.92 Å². The van der Waals surface area contributed by atoms with Gasteiger partial charge in [-0.25, -0.2) is 14.4 Å². The van der Waals surface area contributed by atoms with E-state index in [4.69, 9.17) is 16.3 Å². The van der Waals surface area contributed by atoms with Gasteiger partial charge < -0.3 is 15.2 Å². The standard InChI is InChI=1S/C27H30ClFN4O2.C2H6/c1-18-8-9-21(11-25(18)34)23-13-31-27(32-14-23)35-17-19(2)30-12-20-5-4-10-33(15-20)16-22-6-3-7-24(28)26(22)29;1-2/h3,6-9,11,13-14,20,30,34H,2,4-5,10,12,15-17H2,1H3;1-2H3. The highest BCUT2D eigenvalue weighted by atomic mass is 35.5. The molecule has 0 amide bonds. The smallest absolute Gasteiger partial charge is 0.316 e. The Morgan fingerprint density at radius 1 is 1.22 bits per heavy atom. The van der Waals surface area contributed by atoms with Crippen LogP contribution in [0.2, 0.25) is 5.02 Å². The van der Waals surface area contributed by atoms with E-state index in [2.05, 4.69) is 26.8 Å². The Morgan fingerprint density at radius 2 is 1.97 bits per heavy atom. The fraction of sp³-hybridized carbons (Fsp3) is 0.379. The Kier molecular flexibility index (Phi) is 10.7. The van der Waals surface area contributed by atoms with Gasteiger partial charge in [0.25, 0.3) is 0 Å². The molecule has 37 heavy (non-hydrogen) atoms. The molecule has 2 N–H and O–H groups in total. The van der Waals surface area contributed by atoms with Crippen molar-refractivity contribution in [1.29, 1.82) is 0 Å². The molecule has 0 spiro atoms. The SMILES string of the molecule is C=C(COc1ncc(-c2ccc(C)c(O)c2)cn1)NCC1CCCN(Cc2cccc(Cl)c2F)C1.CC. The molecular formula is C29H36ClFN4O2. The van der Waals surface area contributed by atoms with Gasteiger partial charge in [-0.05, 0) is 55.5 Å². The number of piperidine rings is 1. The first-order valence-electron chi connectivity index (χ1n) is 12.7. The predicted octanol–water partition coefficient (Wildman–Crippen LogP) is 6.37. The number of hydrogen-bond donors (Lipinski definition) is 2. The minimum atomic E-state index is -0.327. The van der Waals surface area contributed by atoms with Crippen molar-refractivity contribution in [3.05, 3.63) is 83.0 Å². The van der Waals surface area contributed by atoms with Crippen molar-refractivity contribution in [2.45, 2.75) is 40.2 Å². The minimum absolute atomic E-state index is 0.169. The van der Waals surface area contributed by atoms with Gasteiger partial charge in [0, 0.05) is 48.9 Å². The molecule has 4 rings (SSSR count). The van der Waals surface area contributed by atoms with Gasteiger partial charge in [-0.1, -0.05) is 56.3 Å². The van der Waals surface area contributed by atoms with Gasteiger partial charge in [-0.3, -0.25) is 4.90 Å². The second-order valence-electron chi connectivity index (χ2n) is 8.99. The Balaban J connectivity index is 0.00000186. The van der Waals surface area contributed by atoms with E-state index in [0.29, 0.717) is 18.0 Å². The Labute approximate surface area is 224 Å². The van der Waals surface area contributed by atoms with E-state index >= 15 is 0 Å². The molecule has 0 bridgehead atoms. The van der Waals surface area contributed by atoms with Gasteiger partial charge in [-0.15, -0.1) is 0 Å². The number of phenols is 1. The van der Waals surface area contributed by atoms with Crippen molar-refractivity contribution in [1.82, 2.24) is 20.2 Å². The zero-order valence-electron chi connectivity index (χ0n) is 21.8. The topological polar surface area (TPSA) is 70.5 Å². The zero-order chi connectivity index (χ0) is 26.8. The fourth-order valence-electron chi connectivity index (χ4n) is 4.19. The molecule has 1 aromatic heterocycles. The first-order valence-corrected chi connectivity index (χ1v) is 13.1. The van der Waals surface area contributed by atoms with Gasteiger partial charge in [0.05, 0.1) is 5.02 Å². The van der Waals surface area contributed by atoms with Crippen molar-refractivity contribution in [2.75, 3.05) is 26.2 Å². The monoisotopic (exact) mass is 526 g/mol. The van der Waals surface area contributed by atoms with Crippen LogP contribution in [0.5, 0.6) is 11.8 Å². The highest BCUT2D eigenvalue weighted by molar-refractivity contribution is 6.30. The Hall–Kier alpha value is -3.16. The van der Waals surface area contributed by atoms with Crippen LogP contribution in [0.4, 0.5) is 4.39 Å². The van der Waals surface area contributed by atoms with Crippen molar-refractivity contribution in [3.8, 4) is 22.9 Å². The average Bonchev–Trinajstić information content (AvgIpc) is 2.92. The summed E-state index contributed by atoms with van der Waals surface area (Å²) in [6.07, 6.45) is 5.51. The zero-order valence-corrected chi connectivity index (χ0v) is 22.6. The Bertz CT molecular complexity index is 1170. The number of likely N-dealkylation sites (tertiary alicyclic amines) is 1. The van der Waals surface area contributed by atoms with Gasteiger partial charge in [-0.2, -0.15) is 0 Å². The number of hydrogen-bond acceptors (Lipinski definition) is 6. The van der Waals surface area contributed by atoms with Crippen molar-refractivity contribution < 1.29 is 14.2 Å². The minimum Gasteiger partial charge on any atom is -0.508 e. The molecule has 198 valence electrons. The number of aromatic nitrogens is 2. The van der Waals surface area contributed by atoms with E-state index in [1.165, 1.54) is 0 Å². The number of benzene rings is 2. The quantitative estimate of drug-likeness (QED) is 0.337. The molecule has 1 unspecified atom stereocenters. The fourth-order valence-corrected chi connectivity index (χ4v) is 4.39. The number of rotatable bonds is 9. The maximum Gasteiger partial charge on any atom is 0.316 e. The van der Waals surface area contributed by atoms with Crippen LogP contribution in [0.15, 0.2) is 61.1 Å². The van der Waals surface area contributed by atoms with Gasteiger partial charge in [0.1, 0.15) is 18.2 Å². The summed E-state index contributed by atoms with van der Waals surface area (Å²) in [6, 6.07) is 10.9. The number of halogens is 2. The number of phenolic OH excluding ortho intramolecular Hbond substituents is 1. The lowest BCUT2D eigenvalue weighted by molar-refractivity contribution is 0.164. The molecule has 1 atom stereocenters. The lowest BCUT2D eigenvalue weighted by Gasteiger charge is -2.33. The van der Waals surface area contributed by atoms with Gasteiger partial charge in [0.2, 0.25) is 0 Å². The van der Waals surface area contributed by atoms with Crippen LogP contribution < -0.4 is 10.1 Å². The predicted molar refractivity (Wildman–Crippen MR) is 147 cm³/mol. The lowest BCUT2D eigenvalue weighted by Crippen LogP contribution is -2.39. The van der Waals surface area contributed by atoms with E-state index in [1.807, 2.05) is 32.9 Å². The van der Waals surface area contributed by atoms with Gasteiger partial charge in [0.15, 0.2) is 0 Å². The highest BCUT2D eigenvalue weighted by Gasteiger charge is 2.21. The molecule has 0 saturated carbocycles. The number of aromatic hydroxyl groups is 1. The molecule has 2 heterocycles. The average molecular weight is 527 g/mol. The summed E-state index contributed by atoms with van der Waals surface area (Å²) in [5.41, 5.74) is 3.83. The third-order valence-corrected chi connectivity index (χ3v) is 6.51. The van der Waals surface area contributed by atoms with E-state index < -0.39 is 0 Å². The van der Waals surface area contributed by atoms with Gasteiger partial charge >= 0.3 is 6.01 Å². The lowest BCUT2D eigenvalue weighted by atomic mass is 9.97. The van der Waals surface area contributed by atoms with Crippen LogP contribution in [-0.2, 0) is 6.54 Å². The largest absolute Gasteiger partial charge is 0.508 e. The molecule has 8 heteroatoms. The first-order chi connectivity index (χ1) is 17.9. The summed E-state index contributed by atoms with van der Waals surface area (Å²) < 4.78 is 19.9. The number of nitrogens with one attached hydrogen (secondary N) is 1. The number of ether oxygens (including phenoxy) is 1. The molecule has 2 aromatic carbocycles. The third-order valence-electron chi connectivity index (χ3n) is 6.22. The summed E-state index contributed by atoms with van der Waals surface area (Å²) in [4.78, 5) is 10.8. The van der Waals surface area contributed by atoms with E-state index in [-0.39, 0.29) is 29.2 Å². The van der Waals surface area contributed by atoms with E-state index in [9.17, 15) is 9.50 Å². The second-order valence-corrected chi connectivity index (χ2v) is 9.39. The summed E-state index contributed by atoms with van der Waals surface area (Å²) in [5.74, 6) is 0.347. The van der Waals surface area contributed by atoms with Crippen LogP contribution >= 0.6 is 11.6 Å². The van der Waals surface area contributed by atoms with Crippen LogP contribution in [0, 0.1) is 18.7 Å². The molecule has 3 aromatic rings. The second kappa shape index (κ2) is 14.0. The number of nitrogens with zero attached hydrogens (tertiary/aromatic N) is 3. The summed E-state index contributed by atoms with van der Waals surface area (Å²) in [5, 5.41) is 13.4. The molecule has 0 radical (unpaired) electrons. The molecule has 1 saturated heterocycles. The molecule has 1 fully saturated rings. The van der Waals surface area contributed by atoms with E-state index in [0.717, 1.165) is 54.9 Å². The highest BCUT2D eigenvalue weighted by Crippen LogP contribution is 2.26. The van der Waals surface area contributed by atoms with Crippen LogP contribution in [0.1, 0.15) is 37.8 Å². The van der Waals surface area contributed by atoms with Crippen LogP contribution in [0.3, 0.4) is 0 Å². The summed E-state index contributed by atoms with van der Waals surface area (Å²) >= 11 is 5.92. The van der Waals surface area contributed by atoms with Crippen LogP contribution in [0.25, 0.3) is 11.1 Å². The van der Waals surface area contributed by atoms with Crippen molar-refractivity contribution >= 4 is 11.6 Å². The summed E-state index contributed by atoms with van der Waals surface area (Å²) in [6.45, 7) is 13.3. The van der Waals surface area contributed by atoms with Crippen molar-refractivity contribution in [3.63, 3.8) is 0 Å². The maximum atomic E-state index is 14.3. The Morgan fingerprint density at radius 3 is 2.70 bits per heavy atom. The third kappa shape index (κ3) is 8.17. The van der Waals surface area contributed by atoms with Crippen LogP contribution in [-0.4, -0.2) is 46.2 Å². The summed E-state index contributed by atoms with van der Waals surface area (Å²) in [7, 11) is 0. The molecule has 6 nitrogen and oxygen atoms in total. The van der Waals surface area contributed by atoms with E-state index in [1.54, 1.807) is 36.7 Å². The molecule has 1 aliphatic heterocycles. The maximum absolute atomic E-state index is 14.3.